The third-order valence-electron chi connectivity index (χ3n) is 3.56. The highest BCUT2D eigenvalue weighted by atomic mass is 15.3. The van der Waals surface area contributed by atoms with Gasteiger partial charge in [-0.05, 0) is 19.9 Å². The molecular weight excluding hydrogens is 226 g/mol. The van der Waals surface area contributed by atoms with Gasteiger partial charge in [0.25, 0.3) is 0 Å². The first-order valence-corrected chi connectivity index (χ1v) is 7.17. The number of rotatable bonds is 6. The van der Waals surface area contributed by atoms with Gasteiger partial charge >= 0.3 is 0 Å². The third-order valence-corrected chi connectivity index (χ3v) is 3.56. The average Bonchev–Trinajstić information content (AvgIpc) is 2.42. The molecule has 3 N–H and O–H groups in total. The molecule has 1 fully saturated rings. The predicted molar refractivity (Wildman–Crippen MR) is 77.9 cm³/mol. The quantitative estimate of drug-likeness (QED) is 0.530. The molecule has 1 aliphatic heterocycles. The molecular formula is C13H29N5. The van der Waals surface area contributed by atoms with Gasteiger partial charge in [-0.3, -0.25) is 9.89 Å². The summed E-state index contributed by atoms with van der Waals surface area (Å²) in [7, 11) is 0. The highest BCUT2D eigenvalue weighted by molar-refractivity contribution is 5.77. The molecule has 0 aromatic carbocycles. The zero-order valence-corrected chi connectivity index (χ0v) is 12.2. The summed E-state index contributed by atoms with van der Waals surface area (Å²) in [6, 6.07) is 0.478. The van der Waals surface area contributed by atoms with Gasteiger partial charge < -0.3 is 16.0 Å². The Bertz CT molecular complexity index is 246. The fourth-order valence-electron chi connectivity index (χ4n) is 2.18. The van der Waals surface area contributed by atoms with Crippen LogP contribution in [0, 0.1) is 0 Å². The Morgan fingerprint density at radius 3 is 2.50 bits per heavy atom. The second kappa shape index (κ2) is 8.32. The van der Waals surface area contributed by atoms with Crippen LogP contribution in [0.5, 0.6) is 0 Å². The summed E-state index contributed by atoms with van der Waals surface area (Å²) in [6.07, 6.45) is 1.07. The van der Waals surface area contributed by atoms with Crippen molar-refractivity contribution < 1.29 is 0 Å². The average molecular weight is 255 g/mol. The molecule has 1 saturated heterocycles. The van der Waals surface area contributed by atoms with Crippen LogP contribution in [-0.4, -0.2) is 67.6 Å². The Hall–Kier alpha value is -0.810. The maximum atomic E-state index is 5.79. The Labute approximate surface area is 111 Å². The Morgan fingerprint density at radius 1 is 1.28 bits per heavy atom. The van der Waals surface area contributed by atoms with Crippen molar-refractivity contribution in [2.45, 2.75) is 33.2 Å². The van der Waals surface area contributed by atoms with Crippen molar-refractivity contribution in [3.05, 3.63) is 0 Å². The molecule has 5 heteroatoms. The molecule has 0 saturated carbocycles. The number of likely N-dealkylation sites (N-methyl/N-ethyl adjacent to an activating group) is 1. The number of nitrogens with zero attached hydrogens (tertiary/aromatic N) is 3. The van der Waals surface area contributed by atoms with Crippen LogP contribution in [-0.2, 0) is 0 Å². The van der Waals surface area contributed by atoms with E-state index in [1.807, 2.05) is 0 Å². The molecule has 1 unspecified atom stereocenters. The smallest absolute Gasteiger partial charge is 0.188 e. The van der Waals surface area contributed by atoms with Crippen LogP contribution in [0.3, 0.4) is 0 Å². The second-order valence-corrected chi connectivity index (χ2v) is 4.97. The molecule has 0 aliphatic carbocycles. The van der Waals surface area contributed by atoms with Gasteiger partial charge in [0.15, 0.2) is 5.96 Å². The topological polar surface area (TPSA) is 56.9 Å². The number of piperazine rings is 1. The highest BCUT2D eigenvalue weighted by Crippen LogP contribution is 2.06. The van der Waals surface area contributed by atoms with Gasteiger partial charge in [0.1, 0.15) is 0 Å². The van der Waals surface area contributed by atoms with Gasteiger partial charge in [-0.25, -0.2) is 0 Å². The zero-order chi connectivity index (χ0) is 13.4. The molecule has 0 amide bonds. The van der Waals surface area contributed by atoms with E-state index >= 15 is 0 Å². The number of nitrogens with two attached hydrogens (primary N) is 1. The van der Waals surface area contributed by atoms with Crippen LogP contribution in [0.25, 0.3) is 0 Å². The largest absolute Gasteiger partial charge is 0.370 e. The highest BCUT2D eigenvalue weighted by Gasteiger charge is 2.19. The summed E-state index contributed by atoms with van der Waals surface area (Å²) < 4.78 is 0. The monoisotopic (exact) mass is 255 g/mol. The van der Waals surface area contributed by atoms with Gasteiger partial charge in [0.05, 0.1) is 6.54 Å². The molecule has 0 spiro atoms. The molecule has 18 heavy (non-hydrogen) atoms. The van der Waals surface area contributed by atoms with Gasteiger partial charge in [-0.1, -0.05) is 13.8 Å². The zero-order valence-electron chi connectivity index (χ0n) is 12.2. The third kappa shape index (κ3) is 5.23. The first-order chi connectivity index (χ1) is 8.67. The summed E-state index contributed by atoms with van der Waals surface area (Å²) >= 11 is 0. The number of nitrogens with one attached hydrogen (secondary N) is 1. The van der Waals surface area contributed by atoms with E-state index in [1.165, 1.54) is 13.1 Å². The van der Waals surface area contributed by atoms with Crippen LogP contribution < -0.4 is 11.1 Å². The van der Waals surface area contributed by atoms with Crippen molar-refractivity contribution in [3.8, 4) is 0 Å². The summed E-state index contributed by atoms with van der Waals surface area (Å²) in [6.45, 7) is 14.1. The molecule has 1 atom stereocenters. The maximum Gasteiger partial charge on any atom is 0.188 e. The van der Waals surface area contributed by atoms with Crippen LogP contribution in [0.1, 0.15) is 27.2 Å². The van der Waals surface area contributed by atoms with Crippen LogP contribution >= 0.6 is 0 Å². The van der Waals surface area contributed by atoms with Gasteiger partial charge in [0, 0.05) is 38.8 Å². The first kappa shape index (κ1) is 15.2. The van der Waals surface area contributed by atoms with E-state index in [-0.39, 0.29) is 0 Å². The van der Waals surface area contributed by atoms with Crippen molar-refractivity contribution in [3.63, 3.8) is 0 Å². The van der Waals surface area contributed by atoms with E-state index in [0.717, 1.165) is 39.1 Å². The van der Waals surface area contributed by atoms with E-state index in [9.17, 15) is 0 Å². The first-order valence-electron chi connectivity index (χ1n) is 7.17. The lowest BCUT2D eigenvalue weighted by molar-refractivity contribution is 0.109. The molecule has 0 aromatic heterocycles. The van der Waals surface area contributed by atoms with Crippen molar-refractivity contribution in [2.24, 2.45) is 10.7 Å². The summed E-state index contributed by atoms with van der Waals surface area (Å²) in [4.78, 5) is 9.40. The lowest BCUT2D eigenvalue weighted by Crippen LogP contribution is -2.50. The lowest BCUT2D eigenvalue weighted by Gasteiger charge is -2.37. The molecule has 0 aromatic rings. The van der Waals surface area contributed by atoms with Crippen molar-refractivity contribution in [1.82, 2.24) is 15.1 Å². The lowest BCUT2D eigenvalue weighted by atomic mass is 10.2. The van der Waals surface area contributed by atoms with Crippen molar-refractivity contribution in [1.29, 1.82) is 0 Å². The molecule has 1 rings (SSSR count). The molecule has 106 valence electrons. The Kier molecular flexibility index (Phi) is 7.05. The van der Waals surface area contributed by atoms with E-state index in [4.69, 9.17) is 5.73 Å². The van der Waals surface area contributed by atoms with E-state index in [2.05, 4.69) is 40.9 Å². The SMILES string of the molecule is CCCNC(N)=NCC(C)N1CCN(CC)CC1. The number of hydrogen-bond acceptors (Lipinski definition) is 3. The van der Waals surface area contributed by atoms with Crippen LogP contribution in [0.15, 0.2) is 4.99 Å². The van der Waals surface area contributed by atoms with E-state index in [0.29, 0.717) is 12.0 Å². The van der Waals surface area contributed by atoms with Gasteiger partial charge in [0.2, 0.25) is 0 Å². The van der Waals surface area contributed by atoms with Crippen molar-refractivity contribution in [2.75, 3.05) is 45.8 Å². The molecule has 1 aliphatic rings. The summed E-state index contributed by atoms with van der Waals surface area (Å²) in [5, 5.41) is 3.11. The van der Waals surface area contributed by atoms with E-state index < -0.39 is 0 Å². The molecule has 0 bridgehead atoms. The Morgan fingerprint density at radius 2 is 1.94 bits per heavy atom. The molecule has 0 radical (unpaired) electrons. The minimum absolute atomic E-state index is 0.478. The minimum Gasteiger partial charge on any atom is -0.370 e. The Balaban J connectivity index is 2.26. The van der Waals surface area contributed by atoms with E-state index in [1.54, 1.807) is 0 Å². The normalized spacial score (nSPS) is 20.9. The van der Waals surface area contributed by atoms with Gasteiger partial charge in [-0.15, -0.1) is 0 Å². The molecule has 1 heterocycles. The summed E-state index contributed by atoms with van der Waals surface area (Å²) in [5.41, 5.74) is 5.79. The van der Waals surface area contributed by atoms with Crippen molar-refractivity contribution >= 4 is 5.96 Å². The predicted octanol–water partition coefficient (Wildman–Crippen LogP) is 0.327. The standard InChI is InChI=1S/C13H29N5/c1-4-6-15-13(14)16-11-12(3)18-9-7-17(5-2)8-10-18/h12H,4-11H2,1-3H3,(H3,14,15,16). The number of guanidine groups is 1. The van der Waals surface area contributed by atoms with Crippen LogP contribution in [0.2, 0.25) is 0 Å². The number of hydrogen-bond donors (Lipinski definition) is 2. The number of aliphatic imine (C=N–C) groups is 1. The van der Waals surface area contributed by atoms with Gasteiger partial charge in [-0.2, -0.15) is 0 Å². The fraction of sp³-hybridized carbons (Fsp3) is 0.923. The second-order valence-electron chi connectivity index (χ2n) is 4.97. The molecule has 5 nitrogen and oxygen atoms in total. The maximum absolute atomic E-state index is 5.79. The van der Waals surface area contributed by atoms with Crippen LogP contribution in [0.4, 0.5) is 0 Å². The summed E-state index contributed by atoms with van der Waals surface area (Å²) in [5.74, 6) is 0.580. The fourth-order valence-corrected chi connectivity index (χ4v) is 2.18. The minimum atomic E-state index is 0.478.